The molecule has 2 rings (SSSR count). The van der Waals surface area contributed by atoms with Gasteiger partial charge >= 0.3 is 11.9 Å². The molecule has 182 valence electrons. The van der Waals surface area contributed by atoms with Crippen LogP contribution in [0.3, 0.4) is 0 Å². The third-order valence-corrected chi connectivity index (χ3v) is 5.25. The molecule has 1 aliphatic rings. The second-order valence-electron chi connectivity index (χ2n) is 7.82. The van der Waals surface area contributed by atoms with Crippen LogP contribution < -0.4 is 20.1 Å². The van der Waals surface area contributed by atoms with E-state index in [0.717, 1.165) is 12.8 Å². The summed E-state index contributed by atoms with van der Waals surface area (Å²) in [6.07, 6.45) is 2.98. The molecule has 1 aromatic rings. The standard InChI is InChI=1S/C22H28N2O9.2Na/c1-13(25)23-9-14-2-4-15(5-3-14)22(31)24-10-17(26)16-6-7-18(32-11-20(27)28)19(8-16)33-12-21(29)30;;/h6-8,14-15H,2-5,9-12H2,1H3,(H,23,25)(H,24,31)(H,27,28)(H,29,30);;/t14-,15-;;. The number of ether oxygens (including phenoxy) is 2. The summed E-state index contributed by atoms with van der Waals surface area (Å²) in [5, 5.41) is 23.0. The molecule has 0 heterocycles. The van der Waals surface area contributed by atoms with Crippen LogP contribution in [-0.4, -0.2) is 125 Å². The molecule has 11 nitrogen and oxygen atoms in total. The van der Waals surface area contributed by atoms with Gasteiger partial charge in [0.2, 0.25) is 11.8 Å². The number of hydrogen-bond donors (Lipinski definition) is 4. The number of carbonyl (C=O) groups excluding carboxylic acids is 3. The molecule has 0 unspecified atom stereocenters. The zero-order chi connectivity index (χ0) is 24.4. The quantitative estimate of drug-likeness (QED) is 0.225. The van der Waals surface area contributed by atoms with E-state index in [-0.39, 0.29) is 100 Å². The van der Waals surface area contributed by atoms with Crippen molar-refractivity contribution in [2.24, 2.45) is 11.8 Å². The van der Waals surface area contributed by atoms with Crippen molar-refractivity contribution >= 4 is 88.7 Å². The van der Waals surface area contributed by atoms with Gasteiger partial charge in [-0.2, -0.15) is 0 Å². The van der Waals surface area contributed by atoms with Crippen LogP contribution in [0.4, 0.5) is 0 Å². The molecule has 0 spiro atoms. The minimum Gasteiger partial charge on any atom is -0.479 e. The maximum atomic E-state index is 12.5. The Morgan fingerprint density at radius 3 is 2.00 bits per heavy atom. The number of ketones is 1. The Bertz CT molecular complexity index is 903. The van der Waals surface area contributed by atoms with Gasteiger partial charge in [-0.1, -0.05) is 0 Å². The van der Waals surface area contributed by atoms with Crippen molar-refractivity contribution in [3.8, 4) is 11.5 Å². The van der Waals surface area contributed by atoms with Gasteiger partial charge in [-0.15, -0.1) is 0 Å². The van der Waals surface area contributed by atoms with Crippen LogP contribution >= 0.6 is 0 Å². The predicted molar refractivity (Wildman–Crippen MR) is 126 cm³/mol. The molecule has 35 heavy (non-hydrogen) atoms. The van der Waals surface area contributed by atoms with E-state index >= 15 is 0 Å². The van der Waals surface area contributed by atoms with Crippen LogP contribution in [0.25, 0.3) is 0 Å². The summed E-state index contributed by atoms with van der Waals surface area (Å²) >= 11 is 0. The molecular formula is C22H28N2Na2O9. The molecule has 0 atom stereocenters. The van der Waals surface area contributed by atoms with Crippen molar-refractivity contribution in [3.05, 3.63) is 23.8 Å². The fourth-order valence-corrected chi connectivity index (χ4v) is 3.52. The van der Waals surface area contributed by atoms with Crippen LogP contribution in [0.15, 0.2) is 18.2 Å². The Balaban J connectivity index is 0.00000578. The van der Waals surface area contributed by atoms with E-state index in [2.05, 4.69) is 10.6 Å². The molecule has 2 amide bonds. The van der Waals surface area contributed by atoms with Crippen molar-refractivity contribution < 1.29 is 43.7 Å². The van der Waals surface area contributed by atoms with E-state index in [0.29, 0.717) is 25.3 Å². The van der Waals surface area contributed by atoms with Crippen molar-refractivity contribution in [2.75, 3.05) is 26.3 Å². The number of hydrogen-bond acceptors (Lipinski definition) is 7. The fourth-order valence-electron chi connectivity index (χ4n) is 3.52. The van der Waals surface area contributed by atoms with Crippen molar-refractivity contribution in [1.29, 1.82) is 0 Å². The number of carboxylic acids is 2. The van der Waals surface area contributed by atoms with E-state index in [1.54, 1.807) is 0 Å². The summed E-state index contributed by atoms with van der Waals surface area (Å²) in [6.45, 7) is 0.440. The summed E-state index contributed by atoms with van der Waals surface area (Å²) in [6, 6.07) is 3.94. The molecule has 1 aliphatic carbocycles. The van der Waals surface area contributed by atoms with Gasteiger partial charge in [0.05, 0.1) is 6.54 Å². The number of aliphatic carboxylic acids is 2. The van der Waals surface area contributed by atoms with Crippen LogP contribution in [0.5, 0.6) is 11.5 Å². The van der Waals surface area contributed by atoms with E-state index in [4.69, 9.17) is 19.7 Å². The van der Waals surface area contributed by atoms with Crippen LogP contribution in [-0.2, 0) is 19.2 Å². The number of nitrogens with one attached hydrogen (secondary N) is 2. The maximum Gasteiger partial charge on any atom is 0.341 e. The molecule has 0 saturated heterocycles. The smallest absolute Gasteiger partial charge is 0.341 e. The van der Waals surface area contributed by atoms with Gasteiger partial charge in [0.15, 0.2) is 30.5 Å². The van der Waals surface area contributed by atoms with Crippen molar-refractivity contribution in [2.45, 2.75) is 32.6 Å². The molecule has 2 radical (unpaired) electrons. The third-order valence-electron chi connectivity index (χ3n) is 5.25. The van der Waals surface area contributed by atoms with Gasteiger partial charge in [0.1, 0.15) is 0 Å². The number of carbonyl (C=O) groups is 5. The second kappa shape index (κ2) is 16.9. The second-order valence-corrected chi connectivity index (χ2v) is 7.82. The average molecular weight is 510 g/mol. The molecule has 0 aromatic heterocycles. The first-order valence-corrected chi connectivity index (χ1v) is 10.5. The normalized spacial score (nSPS) is 16.5. The number of carboxylic acid groups (broad SMARTS) is 2. The van der Waals surface area contributed by atoms with Gasteiger partial charge < -0.3 is 30.3 Å². The first-order valence-electron chi connectivity index (χ1n) is 10.5. The monoisotopic (exact) mass is 510 g/mol. The van der Waals surface area contributed by atoms with Gasteiger partial charge in [0.25, 0.3) is 0 Å². The van der Waals surface area contributed by atoms with E-state index in [1.165, 1.54) is 25.1 Å². The Hall–Kier alpha value is -1.63. The largest absolute Gasteiger partial charge is 0.479 e. The van der Waals surface area contributed by atoms with Gasteiger partial charge in [-0.3, -0.25) is 14.4 Å². The fraction of sp³-hybridized carbons (Fsp3) is 0.500. The Labute approximate surface area is 247 Å². The van der Waals surface area contributed by atoms with E-state index < -0.39 is 30.9 Å². The Kier molecular flexibility index (Phi) is 16.1. The van der Waals surface area contributed by atoms with Gasteiger partial charge in [-0.25, -0.2) is 9.59 Å². The molecule has 0 bridgehead atoms. The summed E-state index contributed by atoms with van der Waals surface area (Å²) < 4.78 is 10.2. The topological polar surface area (TPSA) is 168 Å². The first-order chi connectivity index (χ1) is 15.7. The number of rotatable bonds is 12. The molecule has 1 fully saturated rings. The van der Waals surface area contributed by atoms with Crippen molar-refractivity contribution in [1.82, 2.24) is 10.6 Å². The summed E-state index contributed by atoms with van der Waals surface area (Å²) in [4.78, 5) is 57.5. The van der Waals surface area contributed by atoms with Crippen LogP contribution in [0.2, 0.25) is 0 Å². The van der Waals surface area contributed by atoms with Crippen LogP contribution in [0, 0.1) is 11.8 Å². The van der Waals surface area contributed by atoms with Crippen LogP contribution in [0.1, 0.15) is 43.0 Å². The van der Waals surface area contributed by atoms with Gasteiger partial charge in [0, 0.05) is 84.1 Å². The molecule has 1 saturated carbocycles. The third kappa shape index (κ3) is 12.2. The number of amides is 2. The average Bonchev–Trinajstić information content (AvgIpc) is 2.78. The van der Waals surface area contributed by atoms with E-state index in [1.807, 2.05) is 0 Å². The maximum absolute atomic E-state index is 12.5. The number of Topliss-reactive ketones (excluding diaryl/α,β-unsaturated/α-hetero) is 1. The molecule has 13 heteroatoms. The molecule has 0 aliphatic heterocycles. The summed E-state index contributed by atoms with van der Waals surface area (Å²) in [5.74, 6) is -3.17. The Morgan fingerprint density at radius 1 is 0.886 bits per heavy atom. The number of benzene rings is 1. The van der Waals surface area contributed by atoms with E-state index in [9.17, 15) is 24.0 Å². The minimum atomic E-state index is -1.25. The first kappa shape index (κ1) is 33.4. The molecule has 1 aromatic carbocycles. The zero-order valence-electron chi connectivity index (χ0n) is 20.3. The molecule has 4 N–H and O–H groups in total. The SMILES string of the molecule is CC(=O)NC[C@H]1CC[C@H](C(=O)NCC(=O)c2ccc(OCC(=O)O)c(OCC(=O)O)c2)CC1.[Na].[Na]. The zero-order valence-corrected chi connectivity index (χ0v) is 24.3. The predicted octanol–water partition coefficient (Wildman–Crippen LogP) is 0.0932. The minimum absolute atomic E-state index is 0. The summed E-state index contributed by atoms with van der Waals surface area (Å²) in [7, 11) is 0. The van der Waals surface area contributed by atoms with Gasteiger partial charge in [-0.05, 0) is 49.8 Å². The summed E-state index contributed by atoms with van der Waals surface area (Å²) in [5.41, 5.74) is 0.150. The molecular weight excluding hydrogens is 482 g/mol. The Morgan fingerprint density at radius 2 is 1.46 bits per heavy atom. The van der Waals surface area contributed by atoms with Crippen molar-refractivity contribution in [3.63, 3.8) is 0 Å².